The van der Waals surface area contributed by atoms with Crippen molar-refractivity contribution in [2.24, 2.45) is 9.98 Å². The Morgan fingerprint density at radius 3 is 2.69 bits per heavy atom. The van der Waals surface area contributed by atoms with Crippen molar-refractivity contribution >= 4 is 34.8 Å². The summed E-state index contributed by atoms with van der Waals surface area (Å²) in [5.41, 5.74) is 4.12. The van der Waals surface area contributed by atoms with E-state index in [4.69, 9.17) is 14.7 Å². The van der Waals surface area contributed by atoms with E-state index in [9.17, 15) is 0 Å². The molecule has 29 heavy (non-hydrogen) atoms. The third kappa shape index (κ3) is 5.84. The Bertz CT molecular complexity index is 846. The Morgan fingerprint density at radius 1 is 1.34 bits per heavy atom. The van der Waals surface area contributed by atoms with E-state index in [0.717, 1.165) is 64.3 Å². The molecule has 7 heteroatoms. The number of aryl methyl sites for hydroxylation is 2. The molecule has 1 N–H and O–H groups in total. The molecule has 0 aliphatic heterocycles. The molecular weight excluding hydrogens is 382 g/mol. The normalized spacial score (nSPS) is 12.6. The fraction of sp³-hybridized carbons (Fsp3) is 0.591. The zero-order chi connectivity index (χ0) is 21.4. The van der Waals surface area contributed by atoms with Crippen LogP contribution in [-0.4, -0.2) is 41.7 Å². The average molecular weight is 418 g/mol. The predicted molar refractivity (Wildman–Crippen MR) is 125 cm³/mol. The topological polar surface area (TPSA) is 63.8 Å². The number of thiazole rings is 1. The summed E-state index contributed by atoms with van der Waals surface area (Å²) in [6, 6.07) is 0.437. The largest absolute Gasteiger partial charge is 0.383 e. The van der Waals surface area contributed by atoms with Crippen molar-refractivity contribution in [2.45, 2.75) is 67.0 Å². The molecule has 0 bridgehead atoms. The summed E-state index contributed by atoms with van der Waals surface area (Å²) < 4.78 is 7.36. The smallest absolute Gasteiger partial charge is 0.158 e. The zero-order valence-electron chi connectivity index (χ0n) is 18.9. The average Bonchev–Trinajstić information content (AvgIpc) is 3.21. The molecular formula is C22H35N5OS. The number of hydrogen-bond acceptors (Lipinski definition) is 6. The molecule has 0 aliphatic carbocycles. The van der Waals surface area contributed by atoms with Crippen molar-refractivity contribution in [1.29, 1.82) is 0 Å². The highest BCUT2D eigenvalue weighted by atomic mass is 32.1. The molecule has 0 aliphatic rings. The van der Waals surface area contributed by atoms with Crippen LogP contribution in [0.2, 0.25) is 0 Å². The third-order valence-electron chi connectivity index (χ3n) is 4.96. The van der Waals surface area contributed by atoms with Crippen molar-refractivity contribution < 1.29 is 4.74 Å². The van der Waals surface area contributed by atoms with E-state index in [1.807, 2.05) is 13.1 Å². The van der Waals surface area contributed by atoms with Crippen LogP contribution in [0.5, 0.6) is 0 Å². The maximum absolute atomic E-state index is 5.08. The Morgan fingerprint density at radius 2 is 2.07 bits per heavy atom. The Labute approximate surface area is 179 Å². The summed E-state index contributed by atoms with van der Waals surface area (Å²) in [7, 11) is 1.71. The summed E-state index contributed by atoms with van der Waals surface area (Å²) in [5.74, 6) is 0.946. The molecule has 2 aromatic heterocycles. The number of ether oxygens (including phenoxy) is 1. The number of methoxy groups -OCH3 is 1. The van der Waals surface area contributed by atoms with Crippen LogP contribution >= 0.6 is 11.3 Å². The van der Waals surface area contributed by atoms with Crippen LogP contribution < -0.4 is 5.32 Å². The van der Waals surface area contributed by atoms with E-state index in [-0.39, 0.29) is 0 Å². The highest BCUT2D eigenvalue weighted by Crippen LogP contribution is 2.38. The summed E-state index contributed by atoms with van der Waals surface area (Å²) in [4.78, 5) is 15.5. The molecule has 160 valence electrons. The second kappa shape index (κ2) is 11.4. The van der Waals surface area contributed by atoms with Crippen LogP contribution in [0.25, 0.3) is 0 Å². The first kappa shape index (κ1) is 23.4. The van der Waals surface area contributed by atoms with Gasteiger partial charge in [0, 0.05) is 38.7 Å². The van der Waals surface area contributed by atoms with Crippen LogP contribution in [0.4, 0.5) is 11.5 Å². The van der Waals surface area contributed by atoms with Gasteiger partial charge in [0.15, 0.2) is 5.82 Å². The predicted octanol–water partition coefficient (Wildman–Crippen LogP) is 5.52. The molecule has 0 aromatic carbocycles. The highest BCUT2D eigenvalue weighted by Gasteiger charge is 2.18. The molecule has 2 rings (SSSR count). The third-order valence-corrected chi connectivity index (χ3v) is 6.22. The van der Waals surface area contributed by atoms with Crippen LogP contribution in [0.3, 0.4) is 0 Å². The van der Waals surface area contributed by atoms with Gasteiger partial charge in [-0.05, 0) is 46.1 Å². The fourth-order valence-corrected chi connectivity index (χ4v) is 4.41. The number of hydrogen-bond donors (Lipinski definition) is 1. The van der Waals surface area contributed by atoms with Crippen molar-refractivity contribution in [1.82, 2.24) is 14.9 Å². The first-order valence-corrected chi connectivity index (χ1v) is 11.2. The monoisotopic (exact) mass is 417 g/mol. The lowest BCUT2D eigenvalue weighted by Crippen LogP contribution is -2.18. The standard InChI is InChI=1S/C22H35N5OS/c1-8-18(9-2)27-14-15(4)20(22(27)24-10-3)26-17(6)21-16(5)25-19(29-21)13-23-11-12-28-7/h10,14,18,23H,8-9,11-13H2,1-7H3/b24-10+,26-17?. The molecule has 6 nitrogen and oxygen atoms in total. The van der Waals surface area contributed by atoms with E-state index in [0.29, 0.717) is 12.6 Å². The molecule has 0 atom stereocenters. The van der Waals surface area contributed by atoms with Crippen LogP contribution in [0.1, 0.15) is 67.7 Å². The van der Waals surface area contributed by atoms with Crippen LogP contribution in [0.15, 0.2) is 16.2 Å². The van der Waals surface area contributed by atoms with Gasteiger partial charge in [0.25, 0.3) is 0 Å². The number of nitrogens with one attached hydrogen (secondary N) is 1. The van der Waals surface area contributed by atoms with E-state index >= 15 is 0 Å². The molecule has 0 amide bonds. The SMILES string of the molecule is C/C=N/c1c(N=C(C)c2sc(CNCCOC)nc2C)c(C)cn1C(CC)CC. The molecule has 0 fully saturated rings. The number of nitrogens with zero attached hydrogens (tertiary/aromatic N) is 4. The molecule has 0 unspecified atom stereocenters. The minimum atomic E-state index is 0.437. The van der Waals surface area contributed by atoms with Crippen LogP contribution in [0, 0.1) is 13.8 Å². The lowest BCUT2D eigenvalue weighted by Gasteiger charge is -2.16. The summed E-state index contributed by atoms with van der Waals surface area (Å²) in [5, 5.41) is 4.43. The maximum atomic E-state index is 5.08. The number of aliphatic imine (C=N–C) groups is 2. The summed E-state index contributed by atoms with van der Waals surface area (Å²) in [6.07, 6.45) is 6.19. The zero-order valence-corrected chi connectivity index (χ0v) is 19.7. The van der Waals surface area contributed by atoms with E-state index in [1.54, 1.807) is 18.4 Å². The van der Waals surface area contributed by atoms with Gasteiger partial charge in [-0.15, -0.1) is 11.3 Å². The lowest BCUT2D eigenvalue weighted by molar-refractivity contribution is 0.199. The van der Waals surface area contributed by atoms with Crippen molar-refractivity contribution in [3.05, 3.63) is 27.3 Å². The van der Waals surface area contributed by atoms with Crippen molar-refractivity contribution in [3.8, 4) is 0 Å². The second-order valence-corrected chi connectivity index (χ2v) is 8.22. The Hall–Kier alpha value is -1.83. The van der Waals surface area contributed by atoms with Gasteiger partial charge in [-0.2, -0.15) is 0 Å². The fourth-order valence-electron chi connectivity index (χ4n) is 3.43. The van der Waals surface area contributed by atoms with Gasteiger partial charge >= 0.3 is 0 Å². The first-order valence-electron chi connectivity index (χ1n) is 10.4. The number of aromatic nitrogens is 2. The molecule has 0 saturated carbocycles. The van der Waals surface area contributed by atoms with E-state index < -0.39 is 0 Å². The minimum absolute atomic E-state index is 0.437. The summed E-state index contributed by atoms with van der Waals surface area (Å²) in [6.45, 7) is 14.9. The van der Waals surface area contributed by atoms with Gasteiger partial charge in [0.05, 0.1) is 22.9 Å². The van der Waals surface area contributed by atoms with E-state index in [1.165, 1.54) is 0 Å². The minimum Gasteiger partial charge on any atom is -0.383 e. The van der Waals surface area contributed by atoms with Crippen molar-refractivity contribution in [3.63, 3.8) is 0 Å². The van der Waals surface area contributed by atoms with Gasteiger partial charge < -0.3 is 14.6 Å². The summed E-state index contributed by atoms with van der Waals surface area (Å²) >= 11 is 1.70. The molecule has 2 aromatic rings. The molecule has 0 saturated heterocycles. The van der Waals surface area contributed by atoms with Crippen LogP contribution in [-0.2, 0) is 11.3 Å². The quantitative estimate of drug-likeness (QED) is 0.387. The Balaban J connectivity index is 2.35. The highest BCUT2D eigenvalue weighted by molar-refractivity contribution is 7.13. The van der Waals surface area contributed by atoms with E-state index in [2.05, 4.69) is 55.7 Å². The van der Waals surface area contributed by atoms with Gasteiger partial charge in [-0.1, -0.05) is 13.8 Å². The second-order valence-electron chi connectivity index (χ2n) is 7.14. The van der Waals surface area contributed by atoms with Gasteiger partial charge in [-0.25, -0.2) is 15.0 Å². The Kier molecular flexibility index (Phi) is 9.20. The van der Waals surface area contributed by atoms with Gasteiger partial charge in [0.1, 0.15) is 10.7 Å². The van der Waals surface area contributed by atoms with Gasteiger partial charge in [0.2, 0.25) is 0 Å². The number of rotatable bonds is 11. The molecule has 2 heterocycles. The maximum Gasteiger partial charge on any atom is 0.158 e. The first-order chi connectivity index (χ1) is 14.0. The lowest BCUT2D eigenvalue weighted by atomic mass is 10.2. The molecule has 0 radical (unpaired) electrons. The van der Waals surface area contributed by atoms with Gasteiger partial charge in [-0.3, -0.25) is 0 Å². The van der Waals surface area contributed by atoms with Crippen molar-refractivity contribution in [2.75, 3.05) is 20.3 Å². The molecule has 0 spiro atoms.